The van der Waals surface area contributed by atoms with Gasteiger partial charge in [0.05, 0.1) is 18.1 Å². The van der Waals surface area contributed by atoms with Gasteiger partial charge in [-0.3, -0.25) is 10.1 Å². The minimum absolute atomic E-state index is 0.115. The van der Waals surface area contributed by atoms with E-state index < -0.39 is 14.9 Å². The second-order valence-corrected chi connectivity index (χ2v) is 4.94. The van der Waals surface area contributed by atoms with Gasteiger partial charge in [0.1, 0.15) is 4.90 Å². The number of ether oxygens (including phenoxy) is 2. The van der Waals surface area contributed by atoms with E-state index in [2.05, 4.69) is 0 Å². The predicted octanol–water partition coefficient (Wildman–Crippen LogP) is 1.04. The molecule has 106 valence electrons. The zero-order valence-electron chi connectivity index (χ0n) is 10.5. The van der Waals surface area contributed by atoms with Gasteiger partial charge in [-0.1, -0.05) is 0 Å². The third-order valence-electron chi connectivity index (χ3n) is 2.14. The number of primary sulfonamides is 1. The predicted molar refractivity (Wildman–Crippen MR) is 66.8 cm³/mol. The molecular formula is C10H14N2O6S. The zero-order chi connectivity index (χ0) is 14.6. The lowest BCUT2D eigenvalue weighted by atomic mass is 10.2. The number of hydrogen-bond donors (Lipinski definition) is 1. The fraction of sp³-hybridized carbons (Fsp3) is 0.400. The summed E-state index contributed by atoms with van der Waals surface area (Å²) < 4.78 is 33.2. The summed E-state index contributed by atoms with van der Waals surface area (Å²) in [5.41, 5.74) is -0.377. The van der Waals surface area contributed by atoms with Crippen molar-refractivity contribution < 1.29 is 22.8 Å². The average Bonchev–Trinajstić information content (AvgIpc) is 2.29. The maximum absolute atomic E-state index is 11.4. The second-order valence-electron chi connectivity index (χ2n) is 3.41. The summed E-state index contributed by atoms with van der Waals surface area (Å²) in [7, 11) is -4.07. The molecule has 0 spiro atoms. The molecule has 0 bridgehead atoms. The smallest absolute Gasteiger partial charge is 0.314 e. The molecule has 0 fully saturated rings. The SMILES string of the molecule is CCOc1c([N+](=O)[O-])ccc(S(N)(=O)=O)c1OCC. The van der Waals surface area contributed by atoms with Crippen LogP contribution in [0.15, 0.2) is 17.0 Å². The molecule has 2 N–H and O–H groups in total. The highest BCUT2D eigenvalue weighted by Crippen LogP contribution is 2.41. The molecule has 0 aliphatic carbocycles. The normalized spacial score (nSPS) is 11.1. The van der Waals surface area contributed by atoms with Gasteiger partial charge in [0, 0.05) is 6.07 Å². The Balaban J connectivity index is 3.62. The van der Waals surface area contributed by atoms with Crippen LogP contribution < -0.4 is 14.6 Å². The summed E-state index contributed by atoms with van der Waals surface area (Å²) in [6.07, 6.45) is 0. The average molecular weight is 290 g/mol. The Morgan fingerprint density at radius 2 is 1.74 bits per heavy atom. The van der Waals surface area contributed by atoms with Crippen LogP contribution in [0.5, 0.6) is 11.5 Å². The first-order valence-corrected chi connectivity index (χ1v) is 6.97. The minimum Gasteiger partial charge on any atom is -0.488 e. The van der Waals surface area contributed by atoms with Crippen molar-refractivity contribution in [2.45, 2.75) is 18.7 Å². The Bertz CT molecular complexity index is 584. The van der Waals surface area contributed by atoms with Gasteiger partial charge >= 0.3 is 5.69 Å². The molecule has 0 heterocycles. The van der Waals surface area contributed by atoms with E-state index in [9.17, 15) is 18.5 Å². The van der Waals surface area contributed by atoms with Gasteiger partial charge in [0.25, 0.3) is 0 Å². The minimum atomic E-state index is -4.07. The van der Waals surface area contributed by atoms with Crippen LogP contribution in [0.3, 0.4) is 0 Å². The van der Waals surface area contributed by atoms with Crippen molar-refractivity contribution in [2.24, 2.45) is 5.14 Å². The fourth-order valence-corrected chi connectivity index (χ4v) is 2.13. The largest absolute Gasteiger partial charge is 0.488 e. The van der Waals surface area contributed by atoms with Crippen molar-refractivity contribution in [3.63, 3.8) is 0 Å². The highest BCUT2D eigenvalue weighted by atomic mass is 32.2. The summed E-state index contributed by atoms with van der Waals surface area (Å²) in [6, 6.07) is 2.05. The maximum Gasteiger partial charge on any atom is 0.314 e. The van der Waals surface area contributed by atoms with Gasteiger partial charge in [0.15, 0.2) is 5.75 Å². The van der Waals surface area contributed by atoms with Crippen molar-refractivity contribution in [1.82, 2.24) is 0 Å². The lowest BCUT2D eigenvalue weighted by molar-refractivity contribution is -0.386. The van der Waals surface area contributed by atoms with E-state index in [1.807, 2.05) is 0 Å². The molecule has 0 saturated heterocycles. The van der Waals surface area contributed by atoms with Crippen molar-refractivity contribution in [3.8, 4) is 11.5 Å². The summed E-state index contributed by atoms with van der Waals surface area (Å²) >= 11 is 0. The molecule has 8 nitrogen and oxygen atoms in total. The van der Waals surface area contributed by atoms with E-state index in [0.717, 1.165) is 12.1 Å². The van der Waals surface area contributed by atoms with Crippen LogP contribution in [-0.2, 0) is 10.0 Å². The van der Waals surface area contributed by atoms with E-state index >= 15 is 0 Å². The molecule has 1 rings (SSSR count). The first-order valence-electron chi connectivity index (χ1n) is 5.42. The van der Waals surface area contributed by atoms with Crippen molar-refractivity contribution in [1.29, 1.82) is 0 Å². The topological polar surface area (TPSA) is 122 Å². The number of nitro groups is 1. The van der Waals surface area contributed by atoms with Crippen LogP contribution in [-0.4, -0.2) is 26.6 Å². The molecule has 1 aromatic rings. The Morgan fingerprint density at radius 3 is 2.16 bits per heavy atom. The highest BCUT2D eigenvalue weighted by molar-refractivity contribution is 7.89. The number of nitrogens with two attached hydrogens (primary N) is 1. The molecule has 0 aliphatic heterocycles. The van der Waals surface area contributed by atoms with Gasteiger partial charge in [-0.2, -0.15) is 0 Å². The summed E-state index contributed by atoms with van der Waals surface area (Å²) in [5.74, 6) is -0.470. The Morgan fingerprint density at radius 1 is 1.21 bits per heavy atom. The Hall–Kier alpha value is -1.87. The standard InChI is InChI=1S/C10H14N2O6S/c1-3-17-9-7(12(13)14)5-6-8(19(11,15)16)10(9)18-4-2/h5-6H,3-4H2,1-2H3,(H2,11,15,16). The summed E-state index contributed by atoms with van der Waals surface area (Å²) in [4.78, 5) is 9.88. The van der Waals surface area contributed by atoms with Gasteiger partial charge in [-0.05, 0) is 19.9 Å². The van der Waals surface area contributed by atoms with E-state index in [0.29, 0.717) is 0 Å². The van der Waals surface area contributed by atoms with E-state index in [4.69, 9.17) is 14.6 Å². The zero-order valence-corrected chi connectivity index (χ0v) is 11.3. The van der Waals surface area contributed by atoms with Crippen LogP contribution in [0.2, 0.25) is 0 Å². The summed E-state index contributed by atoms with van der Waals surface area (Å²) in [5, 5.41) is 15.9. The van der Waals surface area contributed by atoms with Gasteiger partial charge in [-0.15, -0.1) is 0 Å². The fourth-order valence-electron chi connectivity index (χ4n) is 1.47. The van der Waals surface area contributed by atoms with E-state index in [1.165, 1.54) is 0 Å². The van der Waals surface area contributed by atoms with Crippen LogP contribution in [0.4, 0.5) is 5.69 Å². The first kappa shape index (κ1) is 15.2. The van der Waals surface area contributed by atoms with Gasteiger partial charge in [0.2, 0.25) is 15.8 Å². The van der Waals surface area contributed by atoms with Gasteiger partial charge < -0.3 is 9.47 Å². The lowest BCUT2D eigenvalue weighted by Gasteiger charge is -2.13. The monoisotopic (exact) mass is 290 g/mol. The first-order chi connectivity index (χ1) is 8.82. The molecule has 0 radical (unpaired) electrons. The quantitative estimate of drug-likeness (QED) is 0.617. The van der Waals surface area contributed by atoms with Crippen molar-refractivity contribution >= 4 is 15.7 Å². The number of rotatable bonds is 6. The molecule has 19 heavy (non-hydrogen) atoms. The van der Waals surface area contributed by atoms with Crippen LogP contribution in [0.1, 0.15) is 13.8 Å². The van der Waals surface area contributed by atoms with Crippen LogP contribution >= 0.6 is 0 Å². The molecule has 0 amide bonds. The molecule has 0 aromatic heterocycles. The number of nitrogens with zero attached hydrogens (tertiary/aromatic N) is 1. The number of benzene rings is 1. The third-order valence-corrected chi connectivity index (χ3v) is 3.07. The van der Waals surface area contributed by atoms with Gasteiger partial charge in [-0.25, -0.2) is 13.6 Å². The number of sulfonamides is 1. The molecule has 0 saturated carbocycles. The lowest BCUT2D eigenvalue weighted by Crippen LogP contribution is -2.15. The van der Waals surface area contributed by atoms with Crippen molar-refractivity contribution in [3.05, 3.63) is 22.2 Å². The highest BCUT2D eigenvalue weighted by Gasteiger charge is 2.27. The van der Waals surface area contributed by atoms with Crippen LogP contribution in [0.25, 0.3) is 0 Å². The Kier molecular flexibility index (Phi) is 4.67. The Labute approximate surface area is 110 Å². The molecule has 0 atom stereocenters. The van der Waals surface area contributed by atoms with E-state index in [1.54, 1.807) is 13.8 Å². The third kappa shape index (κ3) is 3.32. The number of hydrogen-bond acceptors (Lipinski definition) is 6. The molecular weight excluding hydrogens is 276 g/mol. The maximum atomic E-state index is 11.4. The molecule has 1 aromatic carbocycles. The van der Waals surface area contributed by atoms with Crippen molar-refractivity contribution in [2.75, 3.05) is 13.2 Å². The second kappa shape index (κ2) is 5.85. The number of nitro benzene ring substituents is 1. The molecule has 0 unspecified atom stereocenters. The van der Waals surface area contributed by atoms with Crippen LogP contribution in [0, 0.1) is 10.1 Å². The molecule has 0 aliphatic rings. The summed E-state index contributed by atoms with van der Waals surface area (Å²) in [6.45, 7) is 3.46. The molecule has 9 heteroatoms. The van der Waals surface area contributed by atoms with E-state index in [-0.39, 0.29) is 35.3 Å².